The van der Waals surface area contributed by atoms with E-state index in [1.807, 2.05) is 24.4 Å². The third-order valence-corrected chi connectivity index (χ3v) is 4.68. The second-order valence-corrected chi connectivity index (χ2v) is 6.93. The molecule has 7 heteroatoms. The van der Waals surface area contributed by atoms with Gasteiger partial charge in [-0.1, -0.05) is 32.3 Å². The second kappa shape index (κ2) is 11.0. The summed E-state index contributed by atoms with van der Waals surface area (Å²) in [5.74, 6) is 1.76. The summed E-state index contributed by atoms with van der Waals surface area (Å²) in [4.78, 5) is 16.9. The average molecular weight is 409 g/mol. The molecule has 0 aliphatic carbocycles. The first-order valence-corrected chi connectivity index (χ1v) is 10.2. The van der Waals surface area contributed by atoms with Crippen LogP contribution >= 0.6 is 0 Å². The van der Waals surface area contributed by atoms with Crippen LogP contribution in [-0.2, 0) is 6.54 Å². The number of carbonyl (C=O) groups excluding carboxylic acids is 1. The van der Waals surface area contributed by atoms with Crippen LogP contribution in [0.4, 0.5) is 0 Å². The fourth-order valence-electron chi connectivity index (χ4n) is 2.98. The fraction of sp³-hybridized carbons (Fsp3) is 0.348. The first-order valence-electron chi connectivity index (χ1n) is 10.2. The quantitative estimate of drug-likeness (QED) is 0.482. The van der Waals surface area contributed by atoms with Crippen LogP contribution in [0.3, 0.4) is 0 Å². The van der Waals surface area contributed by atoms with E-state index in [0.29, 0.717) is 30.2 Å². The highest BCUT2D eigenvalue weighted by Crippen LogP contribution is 2.28. The van der Waals surface area contributed by atoms with Crippen molar-refractivity contribution in [3.63, 3.8) is 0 Å². The summed E-state index contributed by atoms with van der Waals surface area (Å²) < 4.78 is 12.9. The molecule has 0 saturated carbocycles. The molecule has 158 valence electrons. The number of benzene rings is 1. The van der Waals surface area contributed by atoms with E-state index >= 15 is 0 Å². The average Bonchev–Trinajstić information content (AvgIpc) is 3.32. The van der Waals surface area contributed by atoms with Crippen LogP contribution in [0.2, 0.25) is 0 Å². The van der Waals surface area contributed by atoms with Crippen LogP contribution in [0, 0.1) is 0 Å². The first-order chi connectivity index (χ1) is 14.7. The number of unbranched alkanes of at least 4 members (excludes halogenated alkanes) is 3. The Kier molecular flexibility index (Phi) is 7.83. The number of hydrogen-bond acceptors (Lipinski definition) is 5. The van der Waals surface area contributed by atoms with E-state index in [1.165, 1.54) is 12.8 Å². The maximum absolute atomic E-state index is 12.5. The Balaban J connectivity index is 1.54. The van der Waals surface area contributed by atoms with Crippen molar-refractivity contribution in [3.05, 3.63) is 66.1 Å². The molecule has 0 unspecified atom stereocenters. The van der Waals surface area contributed by atoms with Gasteiger partial charge in [-0.25, -0.2) is 9.67 Å². The van der Waals surface area contributed by atoms with E-state index in [9.17, 15) is 4.79 Å². The van der Waals surface area contributed by atoms with E-state index in [-0.39, 0.29) is 5.91 Å². The SMILES string of the molecule is CCCCCCOc1ccc(C(=O)NCc2ccc(-n3cccn3)nc2)cc1OC. The minimum absolute atomic E-state index is 0.182. The normalized spacial score (nSPS) is 10.6. The monoisotopic (exact) mass is 408 g/mol. The molecule has 0 saturated heterocycles. The van der Waals surface area contributed by atoms with Gasteiger partial charge in [-0.2, -0.15) is 5.10 Å². The Labute approximate surface area is 177 Å². The molecule has 1 N–H and O–H groups in total. The minimum Gasteiger partial charge on any atom is -0.493 e. The largest absolute Gasteiger partial charge is 0.493 e. The van der Waals surface area contributed by atoms with Crippen molar-refractivity contribution in [2.45, 2.75) is 39.2 Å². The topological polar surface area (TPSA) is 78.3 Å². The molecule has 2 aromatic heterocycles. The number of nitrogens with one attached hydrogen (secondary N) is 1. The third-order valence-electron chi connectivity index (χ3n) is 4.68. The van der Waals surface area contributed by atoms with E-state index in [1.54, 1.807) is 42.4 Å². The second-order valence-electron chi connectivity index (χ2n) is 6.93. The van der Waals surface area contributed by atoms with Crippen LogP contribution in [0.25, 0.3) is 5.82 Å². The molecule has 0 atom stereocenters. The predicted molar refractivity (Wildman–Crippen MR) is 115 cm³/mol. The molecule has 0 radical (unpaired) electrons. The van der Waals surface area contributed by atoms with Crippen molar-refractivity contribution in [1.29, 1.82) is 0 Å². The number of methoxy groups -OCH3 is 1. The summed E-state index contributed by atoms with van der Waals surface area (Å²) in [7, 11) is 1.58. The Morgan fingerprint density at radius 1 is 1.13 bits per heavy atom. The van der Waals surface area contributed by atoms with Crippen LogP contribution in [-0.4, -0.2) is 34.4 Å². The number of rotatable bonds is 11. The third kappa shape index (κ3) is 5.83. The van der Waals surface area contributed by atoms with Gasteiger partial charge in [0.15, 0.2) is 17.3 Å². The number of aromatic nitrogens is 3. The lowest BCUT2D eigenvalue weighted by Crippen LogP contribution is -2.23. The lowest BCUT2D eigenvalue weighted by atomic mass is 10.1. The molecule has 1 aromatic carbocycles. The maximum Gasteiger partial charge on any atom is 0.251 e. The molecule has 3 aromatic rings. The van der Waals surface area contributed by atoms with E-state index in [4.69, 9.17) is 9.47 Å². The molecule has 0 fully saturated rings. The summed E-state index contributed by atoms with van der Waals surface area (Å²) in [6, 6.07) is 10.9. The molecule has 2 heterocycles. The van der Waals surface area contributed by atoms with E-state index < -0.39 is 0 Å². The Hall–Kier alpha value is -3.35. The molecular weight excluding hydrogens is 380 g/mol. The van der Waals surface area contributed by atoms with Gasteiger partial charge in [0.25, 0.3) is 5.91 Å². The van der Waals surface area contributed by atoms with Crippen LogP contribution < -0.4 is 14.8 Å². The summed E-state index contributed by atoms with van der Waals surface area (Å²) in [5, 5.41) is 7.06. The highest BCUT2D eigenvalue weighted by atomic mass is 16.5. The van der Waals surface area contributed by atoms with Crippen LogP contribution in [0.15, 0.2) is 55.0 Å². The molecular formula is C23H28N4O3. The maximum atomic E-state index is 12.5. The lowest BCUT2D eigenvalue weighted by molar-refractivity contribution is 0.0950. The molecule has 3 rings (SSSR count). The molecule has 0 aliphatic rings. The predicted octanol–water partition coefficient (Wildman–Crippen LogP) is 4.17. The highest BCUT2D eigenvalue weighted by Gasteiger charge is 2.11. The van der Waals surface area contributed by atoms with Crippen molar-refractivity contribution >= 4 is 5.91 Å². The van der Waals surface area contributed by atoms with Gasteiger partial charge in [0.1, 0.15) is 0 Å². The van der Waals surface area contributed by atoms with Crippen molar-refractivity contribution < 1.29 is 14.3 Å². The zero-order valence-corrected chi connectivity index (χ0v) is 17.5. The molecule has 0 bridgehead atoms. The summed E-state index contributed by atoms with van der Waals surface area (Å²) in [5.41, 5.74) is 1.42. The zero-order chi connectivity index (χ0) is 21.2. The Morgan fingerprint density at radius 2 is 2.03 bits per heavy atom. The van der Waals surface area contributed by atoms with Gasteiger partial charge < -0.3 is 14.8 Å². The molecule has 1 amide bonds. The smallest absolute Gasteiger partial charge is 0.251 e. The molecule has 7 nitrogen and oxygen atoms in total. The Bertz CT molecular complexity index is 924. The van der Waals surface area contributed by atoms with Gasteiger partial charge >= 0.3 is 0 Å². The number of carbonyl (C=O) groups is 1. The van der Waals surface area contributed by atoms with Gasteiger partial charge in [0.05, 0.1) is 13.7 Å². The Morgan fingerprint density at radius 3 is 2.73 bits per heavy atom. The minimum atomic E-state index is -0.182. The highest BCUT2D eigenvalue weighted by molar-refractivity contribution is 5.94. The van der Waals surface area contributed by atoms with Crippen molar-refractivity contribution in [1.82, 2.24) is 20.1 Å². The first kappa shape index (κ1) is 21.4. The molecule has 0 spiro atoms. The number of hydrogen-bond donors (Lipinski definition) is 1. The summed E-state index contributed by atoms with van der Waals surface area (Å²) >= 11 is 0. The zero-order valence-electron chi connectivity index (χ0n) is 17.5. The van der Waals surface area contributed by atoms with Gasteiger partial charge in [-0.3, -0.25) is 4.79 Å². The van der Waals surface area contributed by atoms with Gasteiger partial charge in [-0.15, -0.1) is 0 Å². The van der Waals surface area contributed by atoms with Crippen molar-refractivity contribution in [2.75, 3.05) is 13.7 Å². The summed E-state index contributed by atoms with van der Waals surface area (Å²) in [6.45, 7) is 3.20. The standard InChI is InChI=1S/C23H28N4O3/c1-3-4-5-6-14-30-20-10-9-19(15-21(20)29-2)23(28)25-17-18-8-11-22(24-16-18)27-13-7-12-26-27/h7-13,15-16H,3-6,14,17H2,1-2H3,(H,25,28). The lowest BCUT2D eigenvalue weighted by Gasteiger charge is -2.12. The van der Waals surface area contributed by atoms with Crippen LogP contribution in [0.1, 0.15) is 48.5 Å². The number of amides is 1. The van der Waals surface area contributed by atoms with Gasteiger partial charge in [0, 0.05) is 30.7 Å². The van der Waals surface area contributed by atoms with Gasteiger partial charge in [-0.05, 0) is 42.3 Å². The number of nitrogens with zero attached hydrogens (tertiary/aromatic N) is 3. The molecule has 30 heavy (non-hydrogen) atoms. The van der Waals surface area contributed by atoms with Crippen molar-refractivity contribution in [3.8, 4) is 17.3 Å². The van der Waals surface area contributed by atoms with E-state index in [0.717, 1.165) is 24.2 Å². The van der Waals surface area contributed by atoms with E-state index in [2.05, 4.69) is 22.3 Å². The number of pyridine rings is 1. The van der Waals surface area contributed by atoms with Crippen LogP contribution in [0.5, 0.6) is 11.5 Å². The summed E-state index contributed by atoms with van der Waals surface area (Å²) in [6.07, 6.45) is 9.82. The van der Waals surface area contributed by atoms with Gasteiger partial charge in [0.2, 0.25) is 0 Å². The number of ether oxygens (including phenoxy) is 2. The fourth-order valence-corrected chi connectivity index (χ4v) is 2.98. The van der Waals surface area contributed by atoms with Crippen molar-refractivity contribution in [2.24, 2.45) is 0 Å². The molecule has 0 aliphatic heterocycles.